The zero-order valence-corrected chi connectivity index (χ0v) is 16.0. The van der Waals surface area contributed by atoms with E-state index < -0.39 is 0 Å². The van der Waals surface area contributed by atoms with Gasteiger partial charge in [0.25, 0.3) is 0 Å². The number of ether oxygens (including phenoxy) is 1. The van der Waals surface area contributed by atoms with Crippen LogP contribution < -0.4 is 10.5 Å². The Morgan fingerprint density at radius 3 is 2.82 bits per heavy atom. The molecule has 0 saturated carbocycles. The van der Waals surface area contributed by atoms with Crippen molar-refractivity contribution >= 4 is 16.6 Å². The monoisotopic (exact) mass is 374 g/mol. The summed E-state index contributed by atoms with van der Waals surface area (Å²) in [4.78, 5) is 7.19. The highest BCUT2D eigenvalue weighted by molar-refractivity contribution is 6.06. The van der Waals surface area contributed by atoms with Crippen molar-refractivity contribution < 1.29 is 9.84 Å². The Labute approximate surface area is 163 Å². The van der Waals surface area contributed by atoms with Crippen molar-refractivity contribution in [1.29, 1.82) is 5.26 Å². The number of hydrogen-bond acceptors (Lipinski definition) is 6. The number of phenolic OH excluding ortho intramolecular Hbond substituents is 1. The lowest BCUT2D eigenvalue weighted by molar-refractivity contribution is 0.283. The zero-order chi connectivity index (χ0) is 19.8. The second-order valence-corrected chi connectivity index (χ2v) is 7.01. The predicted molar refractivity (Wildman–Crippen MR) is 109 cm³/mol. The average molecular weight is 374 g/mol. The fourth-order valence-electron chi connectivity index (χ4n) is 4.02. The summed E-state index contributed by atoms with van der Waals surface area (Å²) >= 11 is 0. The van der Waals surface area contributed by atoms with Crippen molar-refractivity contribution in [3.63, 3.8) is 0 Å². The van der Waals surface area contributed by atoms with Crippen LogP contribution in [0.15, 0.2) is 30.3 Å². The van der Waals surface area contributed by atoms with Crippen molar-refractivity contribution in [2.24, 2.45) is 0 Å². The largest absolute Gasteiger partial charge is 0.507 e. The van der Waals surface area contributed by atoms with Gasteiger partial charge in [0.2, 0.25) is 0 Å². The number of methoxy groups -OCH3 is 1. The zero-order valence-electron chi connectivity index (χ0n) is 16.0. The highest BCUT2D eigenvalue weighted by Crippen LogP contribution is 2.43. The third-order valence-corrected chi connectivity index (χ3v) is 5.28. The molecular weight excluding hydrogens is 352 g/mol. The minimum atomic E-state index is 0.0916. The van der Waals surface area contributed by atoms with Crippen molar-refractivity contribution in [1.82, 2.24) is 9.88 Å². The Kier molecular flexibility index (Phi) is 4.54. The van der Waals surface area contributed by atoms with Gasteiger partial charge in [-0.25, -0.2) is 0 Å². The van der Waals surface area contributed by atoms with Crippen LogP contribution in [0.3, 0.4) is 0 Å². The first-order valence-corrected chi connectivity index (χ1v) is 9.31. The minimum Gasteiger partial charge on any atom is -0.507 e. The molecule has 0 saturated heterocycles. The maximum atomic E-state index is 10.5. The van der Waals surface area contributed by atoms with Gasteiger partial charge in [-0.15, -0.1) is 0 Å². The maximum absolute atomic E-state index is 10.5. The lowest BCUT2D eigenvalue weighted by Crippen LogP contribution is -2.16. The number of benzene rings is 2. The predicted octanol–water partition coefficient (Wildman–Crippen LogP) is 3.80. The Morgan fingerprint density at radius 1 is 1.29 bits per heavy atom. The van der Waals surface area contributed by atoms with Gasteiger partial charge in [-0.1, -0.05) is 13.0 Å². The molecule has 0 spiro atoms. The van der Waals surface area contributed by atoms with E-state index >= 15 is 0 Å². The summed E-state index contributed by atoms with van der Waals surface area (Å²) in [5, 5.41) is 20.7. The molecule has 28 heavy (non-hydrogen) atoms. The van der Waals surface area contributed by atoms with Gasteiger partial charge in [-0.05, 0) is 37.2 Å². The van der Waals surface area contributed by atoms with E-state index in [9.17, 15) is 10.4 Å². The number of phenols is 1. The summed E-state index contributed by atoms with van der Waals surface area (Å²) in [6, 6.07) is 11.0. The molecule has 0 radical (unpaired) electrons. The number of aromatic hydroxyl groups is 1. The number of pyridine rings is 1. The van der Waals surface area contributed by atoms with E-state index in [0.717, 1.165) is 42.9 Å². The van der Waals surface area contributed by atoms with E-state index in [4.69, 9.17) is 15.5 Å². The summed E-state index contributed by atoms with van der Waals surface area (Å²) in [6.07, 6.45) is 1.05. The molecule has 0 unspecified atom stereocenters. The van der Waals surface area contributed by atoms with Crippen LogP contribution in [0.5, 0.6) is 11.5 Å². The van der Waals surface area contributed by atoms with Crippen LogP contribution >= 0.6 is 0 Å². The molecule has 4 rings (SSSR count). The molecule has 1 aromatic heterocycles. The third kappa shape index (κ3) is 2.72. The molecular formula is C22H22N4O2. The normalized spacial score (nSPS) is 13.5. The van der Waals surface area contributed by atoms with Gasteiger partial charge >= 0.3 is 0 Å². The van der Waals surface area contributed by atoms with E-state index in [-0.39, 0.29) is 5.75 Å². The van der Waals surface area contributed by atoms with Gasteiger partial charge in [0, 0.05) is 29.8 Å². The van der Waals surface area contributed by atoms with Gasteiger partial charge in [-0.3, -0.25) is 9.88 Å². The number of nitrogen functional groups attached to an aromatic ring is 1. The van der Waals surface area contributed by atoms with Crippen molar-refractivity contribution in [2.45, 2.75) is 26.4 Å². The number of anilines is 1. The molecule has 0 aliphatic carbocycles. The first kappa shape index (κ1) is 18.1. The van der Waals surface area contributed by atoms with Gasteiger partial charge in [-0.2, -0.15) is 5.26 Å². The number of fused-ring (bicyclic) bond motifs is 2. The molecule has 0 bridgehead atoms. The quantitative estimate of drug-likeness (QED) is 0.721. The Bertz CT molecular complexity index is 1120. The molecule has 142 valence electrons. The van der Waals surface area contributed by atoms with Crippen LogP contribution in [0.25, 0.3) is 22.0 Å². The minimum absolute atomic E-state index is 0.0916. The summed E-state index contributed by atoms with van der Waals surface area (Å²) < 4.78 is 5.51. The number of aromatic nitrogens is 1. The SMILES string of the molecule is CCCN1Cc2nc3c(-c4c(C#N)cccc4OC)ccc(O)c3c(N)c2C1. The van der Waals surface area contributed by atoms with Crippen LogP contribution in [0, 0.1) is 11.3 Å². The number of nitrogens with zero attached hydrogens (tertiary/aromatic N) is 3. The lowest BCUT2D eigenvalue weighted by atomic mass is 9.94. The molecule has 6 nitrogen and oxygen atoms in total. The Balaban J connectivity index is 2.02. The van der Waals surface area contributed by atoms with E-state index in [0.29, 0.717) is 33.5 Å². The first-order chi connectivity index (χ1) is 13.6. The first-order valence-electron chi connectivity index (χ1n) is 9.31. The van der Waals surface area contributed by atoms with E-state index in [1.54, 1.807) is 31.4 Å². The molecule has 1 aliphatic heterocycles. The van der Waals surface area contributed by atoms with Crippen LogP contribution in [0.4, 0.5) is 5.69 Å². The van der Waals surface area contributed by atoms with Crippen LogP contribution in [-0.2, 0) is 13.1 Å². The Hall–Kier alpha value is -3.30. The van der Waals surface area contributed by atoms with Crippen molar-refractivity contribution in [3.05, 3.63) is 47.2 Å². The van der Waals surface area contributed by atoms with Crippen LogP contribution in [-0.4, -0.2) is 28.6 Å². The summed E-state index contributed by atoms with van der Waals surface area (Å²) in [6.45, 7) is 4.58. The fraction of sp³-hybridized carbons (Fsp3) is 0.273. The summed E-state index contributed by atoms with van der Waals surface area (Å²) in [5.41, 5.74) is 11.4. The molecule has 1 aliphatic rings. The second-order valence-electron chi connectivity index (χ2n) is 7.01. The maximum Gasteiger partial charge on any atom is 0.128 e. The Morgan fingerprint density at radius 2 is 2.11 bits per heavy atom. The molecule has 0 atom stereocenters. The topological polar surface area (TPSA) is 95.4 Å². The van der Waals surface area contributed by atoms with Crippen LogP contribution in [0.2, 0.25) is 0 Å². The van der Waals surface area contributed by atoms with Crippen LogP contribution in [0.1, 0.15) is 30.2 Å². The van der Waals surface area contributed by atoms with E-state index in [1.165, 1.54) is 0 Å². The summed E-state index contributed by atoms with van der Waals surface area (Å²) in [7, 11) is 1.57. The van der Waals surface area contributed by atoms with E-state index in [1.807, 2.05) is 6.07 Å². The number of rotatable bonds is 4. The van der Waals surface area contributed by atoms with Gasteiger partial charge in [0.1, 0.15) is 11.5 Å². The average Bonchev–Trinajstić information content (AvgIpc) is 3.11. The molecule has 2 aromatic carbocycles. The smallest absolute Gasteiger partial charge is 0.128 e. The standard InChI is InChI=1S/C22H22N4O2/c1-3-9-26-11-15-16(12-26)25-22-14(7-8-17(27)20(22)21(15)24)19-13(10-23)5-4-6-18(19)28-2/h4-8,27H,3,9,11-12H2,1-2H3,(H2,24,25). The second kappa shape index (κ2) is 7.02. The third-order valence-electron chi connectivity index (χ3n) is 5.28. The molecule has 0 amide bonds. The molecule has 3 aromatic rings. The molecule has 3 N–H and O–H groups in total. The fourth-order valence-corrected chi connectivity index (χ4v) is 4.02. The molecule has 0 fully saturated rings. The highest BCUT2D eigenvalue weighted by Gasteiger charge is 2.26. The molecule has 2 heterocycles. The van der Waals surface area contributed by atoms with E-state index in [2.05, 4.69) is 17.9 Å². The molecule has 6 heteroatoms. The number of nitriles is 1. The van der Waals surface area contributed by atoms with Gasteiger partial charge < -0.3 is 15.6 Å². The van der Waals surface area contributed by atoms with Crippen molar-refractivity contribution in [3.8, 4) is 28.7 Å². The van der Waals surface area contributed by atoms with Gasteiger partial charge in [0.15, 0.2) is 0 Å². The summed E-state index contributed by atoms with van der Waals surface area (Å²) in [5.74, 6) is 0.674. The lowest BCUT2D eigenvalue weighted by Gasteiger charge is -2.15. The van der Waals surface area contributed by atoms with Crippen molar-refractivity contribution in [2.75, 3.05) is 19.4 Å². The number of nitrogens with two attached hydrogens (primary N) is 1. The van der Waals surface area contributed by atoms with Gasteiger partial charge in [0.05, 0.1) is 41.0 Å². The highest BCUT2D eigenvalue weighted by atomic mass is 16.5. The number of hydrogen-bond donors (Lipinski definition) is 2.